The summed E-state index contributed by atoms with van der Waals surface area (Å²) in [5.41, 5.74) is -0.724. The standard InChI is InChI=1S/C15H15F3N2O2/c1-2-3-7-20-13(21)9-12(14(20)22)19-11-6-4-5-10(8-11)15(16,17)18/h4-6,8-9,19H,2-3,7H2,1H3. The fourth-order valence-corrected chi connectivity index (χ4v) is 2.05. The van der Waals surface area contributed by atoms with E-state index in [1.165, 1.54) is 12.1 Å². The average molecular weight is 312 g/mol. The van der Waals surface area contributed by atoms with Gasteiger partial charge in [-0.15, -0.1) is 0 Å². The van der Waals surface area contributed by atoms with Crippen molar-refractivity contribution in [3.8, 4) is 0 Å². The number of rotatable bonds is 5. The summed E-state index contributed by atoms with van der Waals surface area (Å²) in [7, 11) is 0. The number of carbonyl (C=O) groups excluding carboxylic acids is 2. The van der Waals surface area contributed by atoms with Gasteiger partial charge >= 0.3 is 6.18 Å². The highest BCUT2D eigenvalue weighted by Gasteiger charge is 2.32. The lowest BCUT2D eigenvalue weighted by Gasteiger charge is -2.15. The fourth-order valence-electron chi connectivity index (χ4n) is 2.05. The maximum Gasteiger partial charge on any atom is 0.416 e. The Morgan fingerprint density at radius 2 is 1.95 bits per heavy atom. The lowest BCUT2D eigenvalue weighted by molar-refractivity contribution is -0.138. The number of nitrogens with zero attached hydrogens (tertiary/aromatic N) is 1. The summed E-state index contributed by atoms with van der Waals surface area (Å²) in [6.07, 6.45) is -1.84. The van der Waals surface area contributed by atoms with Gasteiger partial charge < -0.3 is 5.32 Å². The van der Waals surface area contributed by atoms with Crippen molar-refractivity contribution in [3.63, 3.8) is 0 Å². The summed E-state index contributed by atoms with van der Waals surface area (Å²) in [6.45, 7) is 2.23. The minimum atomic E-state index is -4.46. The molecule has 118 valence electrons. The van der Waals surface area contributed by atoms with Crippen LogP contribution in [0, 0.1) is 0 Å². The van der Waals surface area contributed by atoms with Crippen molar-refractivity contribution in [2.75, 3.05) is 11.9 Å². The molecule has 0 fully saturated rings. The Kier molecular flexibility index (Phi) is 4.54. The predicted octanol–water partition coefficient (Wildman–Crippen LogP) is 3.17. The molecule has 1 aromatic carbocycles. The first-order valence-electron chi connectivity index (χ1n) is 6.84. The Balaban J connectivity index is 2.13. The van der Waals surface area contributed by atoms with Gasteiger partial charge in [-0.1, -0.05) is 19.4 Å². The third-order valence-electron chi connectivity index (χ3n) is 3.21. The molecule has 1 aliphatic rings. The molecule has 0 spiro atoms. The van der Waals surface area contributed by atoms with Crippen LogP contribution in [0.4, 0.5) is 18.9 Å². The molecular formula is C15H15F3N2O2. The van der Waals surface area contributed by atoms with Crippen LogP contribution in [0.15, 0.2) is 36.0 Å². The Morgan fingerprint density at radius 1 is 1.23 bits per heavy atom. The molecule has 0 unspecified atom stereocenters. The number of hydrogen-bond donors (Lipinski definition) is 1. The zero-order chi connectivity index (χ0) is 16.3. The Labute approximate surface area is 125 Å². The molecule has 0 saturated heterocycles. The molecule has 0 saturated carbocycles. The van der Waals surface area contributed by atoms with Crippen molar-refractivity contribution in [2.24, 2.45) is 0 Å². The molecule has 0 aliphatic carbocycles. The number of nitrogens with one attached hydrogen (secondary N) is 1. The van der Waals surface area contributed by atoms with Gasteiger partial charge in [-0.05, 0) is 24.6 Å². The van der Waals surface area contributed by atoms with Crippen LogP contribution in [-0.4, -0.2) is 23.3 Å². The Morgan fingerprint density at radius 3 is 2.59 bits per heavy atom. The summed E-state index contributed by atoms with van der Waals surface area (Å²) in [5, 5.41) is 2.59. The molecule has 1 N–H and O–H groups in total. The molecule has 7 heteroatoms. The lowest BCUT2D eigenvalue weighted by atomic mass is 10.2. The first-order chi connectivity index (χ1) is 10.3. The van der Waals surface area contributed by atoms with Crippen molar-refractivity contribution >= 4 is 17.5 Å². The summed E-state index contributed by atoms with van der Waals surface area (Å²) < 4.78 is 37.9. The van der Waals surface area contributed by atoms with Crippen LogP contribution in [-0.2, 0) is 15.8 Å². The highest BCUT2D eigenvalue weighted by Crippen LogP contribution is 2.31. The highest BCUT2D eigenvalue weighted by molar-refractivity contribution is 6.17. The topological polar surface area (TPSA) is 49.4 Å². The molecule has 4 nitrogen and oxygen atoms in total. The van der Waals surface area contributed by atoms with E-state index in [0.717, 1.165) is 29.5 Å². The summed E-state index contributed by atoms with van der Waals surface area (Å²) >= 11 is 0. The number of hydrogen-bond acceptors (Lipinski definition) is 3. The van der Waals surface area contributed by atoms with Gasteiger partial charge in [0.2, 0.25) is 0 Å². The molecule has 0 aromatic heterocycles. The monoisotopic (exact) mass is 312 g/mol. The van der Waals surface area contributed by atoms with Gasteiger partial charge in [0.1, 0.15) is 5.70 Å². The largest absolute Gasteiger partial charge is 0.416 e. The van der Waals surface area contributed by atoms with E-state index < -0.39 is 23.6 Å². The summed E-state index contributed by atoms with van der Waals surface area (Å²) in [5.74, 6) is -0.969. The average Bonchev–Trinajstić information content (AvgIpc) is 2.71. The minimum Gasteiger partial charge on any atom is -0.351 e. The van der Waals surface area contributed by atoms with Gasteiger partial charge in [-0.2, -0.15) is 13.2 Å². The maximum absolute atomic E-state index is 12.6. The second-order valence-electron chi connectivity index (χ2n) is 4.91. The van der Waals surface area contributed by atoms with E-state index in [1.807, 2.05) is 6.92 Å². The van der Waals surface area contributed by atoms with E-state index in [4.69, 9.17) is 0 Å². The van der Waals surface area contributed by atoms with E-state index in [1.54, 1.807) is 0 Å². The van der Waals surface area contributed by atoms with Gasteiger partial charge in [-0.3, -0.25) is 14.5 Å². The summed E-state index contributed by atoms with van der Waals surface area (Å²) in [4.78, 5) is 24.9. The van der Waals surface area contributed by atoms with Gasteiger partial charge in [0, 0.05) is 18.3 Å². The smallest absolute Gasteiger partial charge is 0.351 e. The molecule has 1 aliphatic heterocycles. The van der Waals surface area contributed by atoms with Crippen LogP contribution in [0.25, 0.3) is 0 Å². The number of benzene rings is 1. The molecule has 1 aromatic rings. The van der Waals surface area contributed by atoms with Crippen molar-refractivity contribution in [2.45, 2.75) is 25.9 Å². The zero-order valence-electron chi connectivity index (χ0n) is 11.9. The predicted molar refractivity (Wildman–Crippen MR) is 74.8 cm³/mol. The molecule has 0 bridgehead atoms. The number of unbranched alkanes of at least 4 members (excludes halogenated alkanes) is 1. The van der Waals surface area contributed by atoms with Crippen LogP contribution in [0.1, 0.15) is 25.3 Å². The fraction of sp³-hybridized carbons (Fsp3) is 0.333. The molecule has 1 heterocycles. The number of carbonyl (C=O) groups is 2. The van der Waals surface area contributed by atoms with E-state index in [-0.39, 0.29) is 11.4 Å². The van der Waals surface area contributed by atoms with Crippen LogP contribution in [0.5, 0.6) is 0 Å². The summed E-state index contributed by atoms with van der Waals surface area (Å²) in [6, 6.07) is 4.48. The van der Waals surface area contributed by atoms with E-state index >= 15 is 0 Å². The molecule has 0 atom stereocenters. The van der Waals surface area contributed by atoms with Crippen molar-refractivity contribution < 1.29 is 22.8 Å². The van der Waals surface area contributed by atoms with E-state index in [0.29, 0.717) is 13.0 Å². The number of anilines is 1. The molecular weight excluding hydrogens is 297 g/mol. The van der Waals surface area contributed by atoms with Crippen LogP contribution in [0.2, 0.25) is 0 Å². The second kappa shape index (κ2) is 6.21. The van der Waals surface area contributed by atoms with Crippen LogP contribution < -0.4 is 5.32 Å². The van der Waals surface area contributed by atoms with Crippen LogP contribution >= 0.6 is 0 Å². The van der Waals surface area contributed by atoms with Crippen molar-refractivity contribution in [1.29, 1.82) is 0 Å². The first-order valence-corrected chi connectivity index (χ1v) is 6.84. The van der Waals surface area contributed by atoms with E-state index in [2.05, 4.69) is 5.32 Å². The number of halogens is 3. The number of amides is 2. The third-order valence-corrected chi connectivity index (χ3v) is 3.21. The minimum absolute atomic E-state index is 0.0135. The lowest BCUT2D eigenvalue weighted by Crippen LogP contribution is -2.32. The normalized spacial score (nSPS) is 15.3. The molecule has 2 rings (SSSR count). The maximum atomic E-state index is 12.6. The van der Waals surface area contributed by atoms with Crippen LogP contribution in [0.3, 0.4) is 0 Å². The zero-order valence-corrected chi connectivity index (χ0v) is 11.9. The molecule has 22 heavy (non-hydrogen) atoms. The SMILES string of the molecule is CCCCN1C(=O)C=C(Nc2cccc(C(F)(F)F)c2)C1=O. The Hall–Kier alpha value is -2.31. The number of imide groups is 1. The first kappa shape index (κ1) is 16.1. The van der Waals surface area contributed by atoms with Crippen molar-refractivity contribution in [1.82, 2.24) is 4.90 Å². The third kappa shape index (κ3) is 3.47. The van der Waals surface area contributed by atoms with E-state index in [9.17, 15) is 22.8 Å². The van der Waals surface area contributed by atoms with Crippen molar-refractivity contribution in [3.05, 3.63) is 41.6 Å². The van der Waals surface area contributed by atoms with Gasteiger partial charge in [0.25, 0.3) is 11.8 Å². The highest BCUT2D eigenvalue weighted by atomic mass is 19.4. The second-order valence-corrected chi connectivity index (χ2v) is 4.91. The number of alkyl halides is 3. The molecule has 0 radical (unpaired) electrons. The molecule has 2 amide bonds. The van der Waals surface area contributed by atoms with Gasteiger partial charge in [0.05, 0.1) is 5.56 Å². The quantitative estimate of drug-likeness (QED) is 0.850. The van der Waals surface area contributed by atoms with Gasteiger partial charge in [-0.25, -0.2) is 0 Å². The van der Waals surface area contributed by atoms with Gasteiger partial charge in [0.15, 0.2) is 0 Å². The Bertz CT molecular complexity index is 623.